The highest BCUT2D eigenvalue weighted by molar-refractivity contribution is 7.80. The van der Waals surface area contributed by atoms with Crippen molar-refractivity contribution < 1.29 is 51.0 Å². The van der Waals surface area contributed by atoms with Gasteiger partial charge in [0.2, 0.25) is 10.4 Å². The molecule has 2 atom stereocenters. The van der Waals surface area contributed by atoms with Crippen LogP contribution in [0, 0.1) is 0 Å². The number of aliphatic carboxylic acids is 1. The van der Waals surface area contributed by atoms with Crippen LogP contribution in [0.4, 0.5) is 10.9 Å². The van der Waals surface area contributed by atoms with E-state index in [1.165, 1.54) is 13.8 Å². The summed E-state index contributed by atoms with van der Waals surface area (Å²) < 4.78 is 46.4. The lowest BCUT2D eigenvalue weighted by atomic mass is 9.84. The number of aromatic nitrogens is 3. The van der Waals surface area contributed by atoms with Crippen molar-refractivity contribution in [2.24, 2.45) is 17.9 Å². The van der Waals surface area contributed by atoms with Crippen molar-refractivity contribution in [3.8, 4) is 16.9 Å². The number of carboxylic acids is 1. The molecule has 1 unspecified atom stereocenters. The van der Waals surface area contributed by atoms with Crippen LogP contribution in [0.15, 0.2) is 35.6 Å². The Morgan fingerprint density at radius 1 is 1.29 bits per heavy atom. The highest BCUT2D eigenvalue weighted by Crippen LogP contribution is 2.33. The maximum absolute atomic E-state index is 13.3. The van der Waals surface area contributed by atoms with Gasteiger partial charge in [0, 0.05) is 0 Å². The maximum Gasteiger partial charge on any atom is 0.351 e. The van der Waals surface area contributed by atoms with Crippen LogP contribution in [0.25, 0.3) is 11.1 Å². The number of thiazole rings is 1. The molecule has 1 saturated heterocycles. The van der Waals surface area contributed by atoms with Crippen LogP contribution in [-0.2, 0) is 47.5 Å². The SMILES string of the molecule is C[n+]1c(N)c(-c2ccc(OC[C@H](O/N=C(\C(=O)NC3C(=O)N(OS(=O)(=O)[O-])C3(C)C)c3nc(N)sc3Cl)C(=O)O)cc2)cn1CCCN. The summed E-state index contributed by atoms with van der Waals surface area (Å²) in [5, 5.41) is 16.0. The van der Waals surface area contributed by atoms with Crippen LogP contribution in [0.2, 0.25) is 4.34 Å². The van der Waals surface area contributed by atoms with E-state index in [0.29, 0.717) is 24.0 Å². The third-order valence-electron chi connectivity index (χ3n) is 7.15. The maximum atomic E-state index is 13.3. The van der Waals surface area contributed by atoms with Crippen molar-refractivity contribution in [2.45, 2.75) is 44.5 Å². The first kappa shape index (κ1) is 36.3. The van der Waals surface area contributed by atoms with Gasteiger partial charge in [-0.3, -0.25) is 15.3 Å². The summed E-state index contributed by atoms with van der Waals surface area (Å²) in [7, 11) is -3.46. The van der Waals surface area contributed by atoms with E-state index >= 15 is 0 Å². The van der Waals surface area contributed by atoms with Gasteiger partial charge in [0.05, 0.1) is 23.8 Å². The van der Waals surface area contributed by atoms with Gasteiger partial charge in [-0.25, -0.2) is 22.9 Å². The summed E-state index contributed by atoms with van der Waals surface area (Å²) in [6, 6.07) is 5.28. The van der Waals surface area contributed by atoms with Gasteiger partial charge in [-0.1, -0.05) is 40.2 Å². The normalized spacial score (nSPS) is 16.7. The number of amides is 2. The fourth-order valence-corrected chi connectivity index (χ4v) is 5.92. The zero-order valence-corrected chi connectivity index (χ0v) is 28.0. The number of carboxylic acid groups (broad SMARTS) is 1. The molecule has 0 spiro atoms. The Balaban J connectivity index is 1.49. The highest BCUT2D eigenvalue weighted by atomic mass is 35.5. The molecule has 22 heteroatoms. The van der Waals surface area contributed by atoms with Crippen LogP contribution >= 0.6 is 22.9 Å². The zero-order valence-electron chi connectivity index (χ0n) is 25.7. The zero-order chi connectivity index (χ0) is 35.6. The number of ether oxygens (including phenoxy) is 1. The number of oxime groups is 1. The molecule has 2 aromatic heterocycles. The van der Waals surface area contributed by atoms with Gasteiger partial charge in [-0.05, 0) is 44.5 Å². The van der Waals surface area contributed by atoms with Crippen molar-refractivity contribution in [1.29, 1.82) is 0 Å². The fraction of sp³-hybridized carbons (Fsp3) is 0.385. The van der Waals surface area contributed by atoms with Gasteiger partial charge >= 0.3 is 11.8 Å². The van der Waals surface area contributed by atoms with Gasteiger partial charge in [-0.2, -0.15) is 14.0 Å². The standard InChI is InChI=1S/C26H32ClN9O10S2/c1-26(2)19(23(38)36(26)46-48(41,42)43)32-22(37)18(17-20(27)47-25(30)31-17)33-45-16(24(39)40)12-44-14-7-5-13(6-8-14)15-11-35(10-4-9-28)34(3)21(15)29/h5-8,11,16,19,29H,4,9-10,12,28H2,1-3H3,(H5,30,31,32,37,39,40,41,42,43)/b33-18-/t16-,19?/m0/s1. The van der Waals surface area contributed by atoms with Gasteiger partial charge in [0.1, 0.15) is 35.5 Å². The number of hydrogen-bond acceptors (Lipinski definition) is 15. The molecule has 0 saturated carbocycles. The van der Waals surface area contributed by atoms with Crippen LogP contribution in [0.3, 0.4) is 0 Å². The van der Waals surface area contributed by atoms with Gasteiger partial charge in [0.25, 0.3) is 17.9 Å². The second-order valence-electron chi connectivity index (χ2n) is 10.8. The van der Waals surface area contributed by atoms with Gasteiger partial charge in [0.15, 0.2) is 10.8 Å². The molecule has 0 bridgehead atoms. The molecule has 1 aliphatic rings. The summed E-state index contributed by atoms with van der Waals surface area (Å²) in [6.45, 7) is 3.27. The second kappa shape index (κ2) is 14.3. The van der Waals surface area contributed by atoms with Crippen LogP contribution in [-0.4, -0.2) is 87.1 Å². The molecule has 19 nitrogen and oxygen atoms in total. The summed E-state index contributed by atoms with van der Waals surface area (Å²) >= 11 is 6.95. The average Bonchev–Trinajstić information content (AvgIpc) is 3.50. The predicted molar refractivity (Wildman–Crippen MR) is 169 cm³/mol. The molecular formula is C26H32ClN9O10S2. The van der Waals surface area contributed by atoms with Gasteiger partial charge < -0.3 is 36.0 Å². The Morgan fingerprint density at radius 2 is 1.96 bits per heavy atom. The molecule has 0 aliphatic carbocycles. The molecule has 3 heterocycles. The van der Waals surface area contributed by atoms with Crippen molar-refractivity contribution in [3.05, 3.63) is 40.5 Å². The minimum Gasteiger partial charge on any atom is -0.724 e. The Labute approximate surface area is 282 Å². The van der Waals surface area contributed by atoms with Crippen molar-refractivity contribution >= 4 is 67.8 Å². The number of rotatable bonds is 15. The summed E-state index contributed by atoms with van der Waals surface area (Å²) in [6.07, 6.45) is 0.916. The number of anilines is 2. The third kappa shape index (κ3) is 7.94. The largest absolute Gasteiger partial charge is 0.724 e. The number of carbonyl (C=O) groups excluding carboxylic acids is 2. The average molecular weight is 730 g/mol. The van der Waals surface area contributed by atoms with E-state index < -0.39 is 58.2 Å². The number of nitrogen functional groups attached to an aromatic ring is 2. The second-order valence-corrected chi connectivity index (χ2v) is 13.4. The van der Waals surface area contributed by atoms with Crippen molar-refractivity contribution in [1.82, 2.24) is 20.0 Å². The summed E-state index contributed by atoms with van der Waals surface area (Å²) in [4.78, 5) is 46.9. The summed E-state index contributed by atoms with van der Waals surface area (Å²) in [5.74, 6) is -2.87. The lowest BCUT2D eigenvalue weighted by molar-refractivity contribution is -0.740. The Morgan fingerprint density at radius 3 is 2.50 bits per heavy atom. The molecule has 0 radical (unpaired) electrons. The van der Waals surface area contributed by atoms with E-state index in [0.717, 1.165) is 28.9 Å². The number of hydrogen-bond donors (Lipinski definition) is 5. The molecular weight excluding hydrogens is 698 g/mol. The van der Waals surface area contributed by atoms with Crippen LogP contribution in [0.5, 0.6) is 5.75 Å². The first-order chi connectivity index (χ1) is 22.4. The molecule has 3 aromatic rings. The fourth-order valence-electron chi connectivity index (χ4n) is 4.54. The molecule has 2 amide bonds. The quantitative estimate of drug-likeness (QED) is 0.0325. The number of nitrogens with zero attached hydrogens (tertiary/aromatic N) is 5. The number of halogens is 1. The number of carbonyl (C=O) groups is 3. The summed E-state index contributed by atoms with van der Waals surface area (Å²) in [5.41, 5.74) is 16.7. The topological polar surface area (TPSA) is 284 Å². The number of benzene rings is 1. The smallest absolute Gasteiger partial charge is 0.351 e. The molecule has 8 N–H and O–H groups in total. The predicted octanol–water partition coefficient (Wildman–Crippen LogP) is -0.647. The molecule has 1 fully saturated rings. The number of nitrogens with one attached hydrogen (secondary N) is 1. The van der Waals surface area contributed by atoms with E-state index in [4.69, 9.17) is 38.4 Å². The van der Waals surface area contributed by atoms with Crippen LogP contribution in [0.1, 0.15) is 26.0 Å². The molecule has 48 heavy (non-hydrogen) atoms. The van der Waals surface area contributed by atoms with E-state index in [9.17, 15) is 32.5 Å². The first-order valence-electron chi connectivity index (χ1n) is 13.9. The number of nitrogens with two attached hydrogens (primary N) is 3. The van der Waals surface area contributed by atoms with Crippen molar-refractivity contribution in [2.75, 3.05) is 24.6 Å². The first-order valence-corrected chi connectivity index (χ1v) is 16.4. The third-order valence-corrected chi connectivity index (χ3v) is 8.57. The lowest BCUT2D eigenvalue weighted by Gasteiger charge is -2.51. The molecule has 1 aliphatic heterocycles. The number of hydroxylamine groups is 2. The van der Waals surface area contributed by atoms with E-state index in [1.807, 2.05) is 22.6 Å². The molecule has 260 valence electrons. The van der Waals surface area contributed by atoms with Gasteiger partial charge in [-0.15, -0.1) is 0 Å². The Bertz CT molecular complexity index is 1840. The molecule has 4 rings (SSSR count). The van der Waals surface area contributed by atoms with Crippen molar-refractivity contribution in [3.63, 3.8) is 0 Å². The molecule has 1 aromatic carbocycles. The Kier molecular flexibility index (Phi) is 10.8. The number of β-lactam (4-membered cyclic amide) rings is 1. The highest BCUT2D eigenvalue weighted by Gasteiger charge is 2.57. The van der Waals surface area contributed by atoms with E-state index in [1.54, 1.807) is 24.3 Å². The minimum atomic E-state index is -5.29. The Hall–Kier alpha value is -4.54. The van der Waals surface area contributed by atoms with Crippen LogP contribution < -0.4 is 31.9 Å². The number of aryl methyl sites for hydroxylation is 1. The monoisotopic (exact) mass is 729 g/mol. The van der Waals surface area contributed by atoms with E-state index in [2.05, 4.69) is 19.7 Å². The van der Waals surface area contributed by atoms with E-state index in [-0.39, 0.29) is 20.9 Å². The minimum absolute atomic E-state index is 0.0695. The lowest BCUT2D eigenvalue weighted by Crippen LogP contribution is -2.76.